The zero-order valence-corrected chi connectivity index (χ0v) is 12.8. The topological polar surface area (TPSA) is 17.3 Å². The fourth-order valence-electron chi connectivity index (χ4n) is 2.47. The fourth-order valence-corrected chi connectivity index (χ4v) is 2.84. The van der Waals surface area contributed by atoms with Crippen molar-refractivity contribution in [1.82, 2.24) is 9.38 Å². The molecule has 0 amide bonds. The predicted molar refractivity (Wildman–Crippen MR) is 84.7 cm³/mol. The Labute approximate surface area is 128 Å². The molecule has 102 valence electrons. The zero-order valence-electron chi connectivity index (χ0n) is 11.3. The van der Waals surface area contributed by atoms with Crippen molar-refractivity contribution in [2.75, 3.05) is 0 Å². The second-order valence-electron chi connectivity index (χ2n) is 4.87. The van der Waals surface area contributed by atoms with Crippen LogP contribution in [-0.2, 0) is 5.88 Å². The monoisotopic (exact) mass is 304 g/mol. The molecule has 2 heterocycles. The van der Waals surface area contributed by atoms with Crippen LogP contribution in [0.1, 0.15) is 17.0 Å². The summed E-state index contributed by atoms with van der Waals surface area (Å²) in [7, 11) is 0. The van der Waals surface area contributed by atoms with Crippen molar-refractivity contribution >= 4 is 28.8 Å². The summed E-state index contributed by atoms with van der Waals surface area (Å²) in [5.74, 6) is 0.420. The SMILES string of the molecule is Cc1cc(-c2nc3cccc(C)n3c2CCl)ccc1Cl. The number of hydrogen-bond donors (Lipinski definition) is 0. The Morgan fingerprint density at radius 3 is 2.65 bits per heavy atom. The third-order valence-electron chi connectivity index (χ3n) is 3.49. The summed E-state index contributed by atoms with van der Waals surface area (Å²) >= 11 is 12.3. The first-order chi connectivity index (χ1) is 9.61. The van der Waals surface area contributed by atoms with Crippen LogP contribution in [0.2, 0.25) is 5.02 Å². The van der Waals surface area contributed by atoms with Gasteiger partial charge in [-0.05, 0) is 43.7 Å². The van der Waals surface area contributed by atoms with Crippen molar-refractivity contribution in [1.29, 1.82) is 0 Å². The van der Waals surface area contributed by atoms with E-state index in [4.69, 9.17) is 28.2 Å². The van der Waals surface area contributed by atoms with Gasteiger partial charge in [-0.25, -0.2) is 4.98 Å². The Morgan fingerprint density at radius 2 is 1.95 bits per heavy atom. The molecular weight excluding hydrogens is 291 g/mol. The zero-order chi connectivity index (χ0) is 14.3. The number of pyridine rings is 1. The maximum atomic E-state index is 6.16. The molecule has 4 heteroatoms. The van der Waals surface area contributed by atoms with Crippen LogP contribution in [0.15, 0.2) is 36.4 Å². The molecule has 0 bridgehead atoms. The molecule has 0 spiro atoms. The highest BCUT2D eigenvalue weighted by atomic mass is 35.5. The van der Waals surface area contributed by atoms with Crippen LogP contribution in [0.25, 0.3) is 16.9 Å². The van der Waals surface area contributed by atoms with Gasteiger partial charge in [-0.2, -0.15) is 0 Å². The summed E-state index contributed by atoms with van der Waals surface area (Å²) < 4.78 is 2.10. The van der Waals surface area contributed by atoms with Gasteiger partial charge in [0.2, 0.25) is 0 Å². The number of aromatic nitrogens is 2. The number of benzene rings is 1. The number of imidazole rings is 1. The molecule has 0 atom stereocenters. The Balaban J connectivity index is 2.30. The number of halogens is 2. The summed E-state index contributed by atoms with van der Waals surface area (Å²) in [6, 6.07) is 12.0. The van der Waals surface area contributed by atoms with E-state index in [-0.39, 0.29) is 0 Å². The van der Waals surface area contributed by atoms with Gasteiger partial charge in [-0.1, -0.05) is 23.7 Å². The molecule has 0 N–H and O–H groups in total. The van der Waals surface area contributed by atoms with Crippen molar-refractivity contribution < 1.29 is 0 Å². The standard InChI is InChI=1S/C16H14Cl2N2/c1-10-8-12(6-7-13(10)18)16-14(9-17)20-11(2)4-3-5-15(20)19-16/h3-8H,9H2,1-2H3. The van der Waals surface area contributed by atoms with E-state index in [2.05, 4.69) is 23.5 Å². The van der Waals surface area contributed by atoms with Gasteiger partial charge in [-0.15, -0.1) is 11.6 Å². The highest BCUT2D eigenvalue weighted by Crippen LogP contribution is 2.29. The Hall–Kier alpha value is -1.51. The lowest BCUT2D eigenvalue weighted by Crippen LogP contribution is -1.95. The minimum absolute atomic E-state index is 0.420. The molecule has 0 aliphatic heterocycles. The molecule has 0 saturated heterocycles. The number of nitrogens with zero attached hydrogens (tertiary/aromatic N) is 2. The Bertz CT molecular complexity index is 791. The first kappa shape index (κ1) is 13.5. The number of fused-ring (bicyclic) bond motifs is 1. The van der Waals surface area contributed by atoms with Crippen molar-refractivity contribution in [2.24, 2.45) is 0 Å². The molecule has 2 aromatic heterocycles. The molecule has 20 heavy (non-hydrogen) atoms. The van der Waals surface area contributed by atoms with Gasteiger partial charge in [0.25, 0.3) is 0 Å². The van der Waals surface area contributed by atoms with Crippen molar-refractivity contribution in [3.8, 4) is 11.3 Å². The molecule has 0 fully saturated rings. The number of alkyl halides is 1. The second-order valence-corrected chi connectivity index (χ2v) is 5.54. The third kappa shape index (κ3) is 2.09. The van der Waals surface area contributed by atoms with Crippen molar-refractivity contribution in [2.45, 2.75) is 19.7 Å². The van der Waals surface area contributed by atoms with Crippen LogP contribution in [0, 0.1) is 13.8 Å². The summed E-state index contributed by atoms with van der Waals surface area (Å²) in [5, 5.41) is 0.765. The lowest BCUT2D eigenvalue weighted by atomic mass is 10.1. The van der Waals surface area contributed by atoms with Gasteiger partial charge < -0.3 is 0 Å². The average molecular weight is 305 g/mol. The van der Waals surface area contributed by atoms with Gasteiger partial charge in [0.15, 0.2) is 0 Å². The number of hydrogen-bond acceptors (Lipinski definition) is 1. The average Bonchev–Trinajstić information content (AvgIpc) is 2.82. The van der Waals surface area contributed by atoms with Crippen LogP contribution >= 0.6 is 23.2 Å². The van der Waals surface area contributed by atoms with E-state index < -0.39 is 0 Å². The summed E-state index contributed by atoms with van der Waals surface area (Å²) in [4.78, 5) is 4.72. The number of rotatable bonds is 2. The molecule has 0 saturated carbocycles. The molecule has 3 aromatic rings. The Kier molecular flexibility index (Phi) is 3.45. The van der Waals surface area contributed by atoms with Crippen molar-refractivity contribution in [3.63, 3.8) is 0 Å². The van der Waals surface area contributed by atoms with Crippen LogP contribution in [0.5, 0.6) is 0 Å². The maximum absolute atomic E-state index is 6.16. The van der Waals surface area contributed by atoms with Crippen molar-refractivity contribution in [3.05, 3.63) is 58.4 Å². The van der Waals surface area contributed by atoms with E-state index in [9.17, 15) is 0 Å². The molecule has 3 rings (SSSR count). The van der Waals surface area contributed by atoms with E-state index in [1.807, 2.05) is 31.2 Å². The first-order valence-electron chi connectivity index (χ1n) is 6.41. The minimum atomic E-state index is 0.420. The maximum Gasteiger partial charge on any atom is 0.137 e. The quantitative estimate of drug-likeness (QED) is 0.608. The summed E-state index contributed by atoms with van der Waals surface area (Å²) in [6.45, 7) is 4.05. The number of aryl methyl sites for hydroxylation is 2. The lowest BCUT2D eigenvalue weighted by molar-refractivity contribution is 1.03. The van der Waals surface area contributed by atoms with E-state index in [0.29, 0.717) is 5.88 Å². The van der Waals surface area contributed by atoms with Gasteiger partial charge in [0, 0.05) is 16.3 Å². The van der Waals surface area contributed by atoms with E-state index in [1.165, 1.54) is 0 Å². The smallest absolute Gasteiger partial charge is 0.137 e. The molecule has 0 radical (unpaired) electrons. The van der Waals surface area contributed by atoms with Crippen LogP contribution in [-0.4, -0.2) is 9.38 Å². The Morgan fingerprint density at radius 1 is 1.15 bits per heavy atom. The fraction of sp³-hybridized carbons (Fsp3) is 0.188. The third-order valence-corrected chi connectivity index (χ3v) is 4.17. The summed E-state index contributed by atoms with van der Waals surface area (Å²) in [6.07, 6.45) is 0. The highest BCUT2D eigenvalue weighted by Gasteiger charge is 2.14. The van der Waals surface area contributed by atoms with E-state index >= 15 is 0 Å². The van der Waals surface area contributed by atoms with E-state index in [0.717, 1.165) is 38.9 Å². The molecular formula is C16H14Cl2N2. The van der Waals surface area contributed by atoms with Gasteiger partial charge in [0.05, 0.1) is 17.3 Å². The van der Waals surface area contributed by atoms with Crippen LogP contribution < -0.4 is 0 Å². The second kappa shape index (κ2) is 5.12. The molecule has 0 unspecified atom stereocenters. The normalized spacial score (nSPS) is 11.2. The minimum Gasteiger partial charge on any atom is -0.299 e. The summed E-state index contributed by atoms with van der Waals surface area (Å²) in [5.41, 5.74) is 6.07. The molecule has 0 aliphatic rings. The van der Waals surface area contributed by atoms with Crippen LogP contribution in [0.4, 0.5) is 0 Å². The predicted octanol–water partition coefficient (Wildman–Crippen LogP) is 5.01. The largest absolute Gasteiger partial charge is 0.299 e. The van der Waals surface area contributed by atoms with Crippen LogP contribution in [0.3, 0.4) is 0 Å². The van der Waals surface area contributed by atoms with Gasteiger partial charge in [-0.3, -0.25) is 4.40 Å². The highest BCUT2D eigenvalue weighted by molar-refractivity contribution is 6.31. The molecule has 1 aromatic carbocycles. The first-order valence-corrected chi connectivity index (χ1v) is 7.32. The lowest BCUT2D eigenvalue weighted by Gasteiger charge is -2.05. The van der Waals surface area contributed by atoms with Gasteiger partial charge in [0.1, 0.15) is 5.65 Å². The van der Waals surface area contributed by atoms with Gasteiger partial charge >= 0.3 is 0 Å². The molecule has 0 aliphatic carbocycles. The van der Waals surface area contributed by atoms with E-state index in [1.54, 1.807) is 0 Å². The molecule has 2 nitrogen and oxygen atoms in total.